The normalized spacial score (nSPS) is 25.7. The number of carbonyl (C=O) groups excluding carboxylic acids is 1. The quantitative estimate of drug-likeness (QED) is 0.500. The molecule has 4 N–H and O–H groups in total. The molecule has 1 saturated heterocycles. The van der Waals surface area contributed by atoms with Gasteiger partial charge in [0.2, 0.25) is 0 Å². The third-order valence-corrected chi connectivity index (χ3v) is 2.89. The summed E-state index contributed by atoms with van der Waals surface area (Å²) in [5.74, 6) is -1.56. The number of carboxylic acid groups (broad SMARTS) is 1. The van der Waals surface area contributed by atoms with Crippen molar-refractivity contribution in [3.8, 4) is 0 Å². The van der Waals surface area contributed by atoms with Crippen LogP contribution in [0.3, 0.4) is 0 Å². The second-order valence-electron chi connectivity index (χ2n) is 4.17. The number of nitrogens with zero attached hydrogens (tertiary/aromatic N) is 1. The second-order valence-corrected chi connectivity index (χ2v) is 4.17. The van der Waals surface area contributed by atoms with E-state index >= 15 is 0 Å². The van der Waals surface area contributed by atoms with Gasteiger partial charge in [0.1, 0.15) is 0 Å². The van der Waals surface area contributed by atoms with Gasteiger partial charge in [-0.1, -0.05) is 6.92 Å². The Balaban J connectivity index is 2.37. The predicted octanol–water partition coefficient (Wildman–Crippen LogP) is -1.16. The summed E-state index contributed by atoms with van der Waals surface area (Å²) in [6, 6.07) is -0.458. The lowest BCUT2D eigenvalue weighted by molar-refractivity contribution is -0.141. The highest BCUT2D eigenvalue weighted by Crippen LogP contribution is 2.10. The van der Waals surface area contributed by atoms with Crippen molar-refractivity contribution in [3.63, 3.8) is 0 Å². The first-order valence-electron chi connectivity index (χ1n) is 5.57. The molecule has 17 heavy (non-hydrogen) atoms. The third-order valence-electron chi connectivity index (χ3n) is 2.89. The summed E-state index contributed by atoms with van der Waals surface area (Å²) in [6.45, 7) is 1.91. The van der Waals surface area contributed by atoms with Gasteiger partial charge in [-0.3, -0.25) is 4.79 Å². The topological polar surface area (TPSA) is 110 Å². The monoisotopic (exact) mass is 246 g/mol. The molecule has 7 nitrogen and oxygen atoms in total. The van der Waals surface area contributed by atoms with E-state index in [1.807, 2.05) is 0 Å². The SMILES string of the molecule is CCC(CNC(=O)N1CC(O)C(O)C1)C(=O)O. The lowest BCUT2D eigenvalue weighted by Gasteiger charge is -2.18. The zero-order valence-electron chi connectivity index (χ0n) is 9.67. The number of nitrogens with one attached hydrogen (secondary N) is 1. The first kappa shape index (κ1) is 13.7. The van der Waals surface area contributed by atoms with E-state index in [1.165, 1.54) is 4.90 Å². The van der Waals surface area contributed by atoms with Crippen LogP contribution in [0.5, 0.6) is 0 Å². The molecule has 0 radical (unpaired) electrons. The van der Waals surface area contributed by atoms with E-state index in [1.54, 1.807) is 6.92 Å². The van der Waals surface area contributed by atoms with Gasteiger partial charge in [-0.15, -0.1) is 0 Å². The van der Waals surface area contributed by atoms with E-state index in [4.69, 9.17) is 5.11 Å². The number of hydrogen-bond donors (Lipinski definition) is 4. The summed E-state index contributed by atoms with van der Waals surface area (Å²) in [6.07, 6.45) is -1.43. The second kappa shape index (κ2) is 5.83. The van der Waals surface area contributed by atoms with Crippen LogP contribution >= 0.6 is 0 Å². The molecule has 0 saturated carbocycles. The lowest BCUT2D eigenvalue weighted by Crippen LogP contribution is -2.42. The fraction of sp³-hybridized carbons (Fsp3) is 0.800. The number of aliphatic carboxylic acids is 1. The molecule has 1 aliphatic rings. The van der Waals surface area contributed by atoms with Crippen LogP contribution in [-0.2, 0) is 4.79 Å². The van der Waals surface area contributed by atoms with Crippen molar-refractivity contribution < 1.29 is 24.9 Å². The minimum Gasteiger partial charge on any atom is -0.481 e. The van der Waals surface area contributed by atoms with Gasteiger partial charge >= 0.3 is 12.0 Å². The molecular weight excluding hydrogens is 228 g/mol. The van der Waals surface area contributed by atoms with Crippen LogP contribution in [0.4, 0.5) is 4.79 Å². The standard InChI is InChI=1S/C10H18N2O5/c1-2-6(9(15)16)3-11-10(17)12-4-7(13)8(14)5-12/h6-8,13-14H,2-5H2,1H3,(H,11,17)(H,15,16). The molecule has 2 amide bonds. The average Bonchev–Trinajstić information content (AvgIpc) is 2.59. The number of carboxylic acids is 1. The number of hydrogen-bond acceptors (Lipinski definition) is 4. The van der Waals surface area contributed by atoms with Crippen LogP contribution in [0.2, 0.25) is 0 Å². The van der Waals surface area contributed by atoms with Gasteiger partial charge in [0, 0.05) is 6.54 Å². The van der Waals surface area contributed by atoms with Crippen molar-refractivity contribution in [2.75, 3.05) is 19.6 Å². The molecule has 98 valence electrons. The first-order chi connectivity index (χ1) is 7.95. The smallest absolute Gasteiger partial charge is 0.317 e. The molecule has 0 aromatic rings. The average molecular weight is 246 g/mol. The highest BCUT2D eigenvalue weighted by atomic mass is 16.4. The number of rotatable bonds is 4. The maximum atomic E-state index is 11.6. The Morgan fingerprint density at radius 3 is 2.29 bits per heavy atom. The Bertz CT molecular complexity index is 286. The molecule has 1 heterocycles. The largest absolute Gasteiger partial charge is 0.481 e. The number of carbonyl (C=O) groups is 2. The van der Waals surface area contributed by atoms with E-state index in [0.717, 1.165) is 0 Å². The molecule has 0 spiro atoms. The number of aliphatic hydroxyl groups is 2. The molecule has 0 bridgehead atoms. The Morgan fingerprint density at radius 1 is 1.35 bits per heavy atom. The van der Waals surface area contributed by atoms with Crippen molar-refractivity contribution in [1.29, 1.82) is 0 Å². The van der Waals surface area contributed by atoms with Crippen LogP contribution in [-0.4, -0.2) is 64.1 Å². The third kappa shape index (κ3) is 3.57. The Kier molecular flexibility index (Phi) is 4.71. The van der Waals surface area contributed by atoms with E-state index < -0.39 is 30.1 Å². The van der Waals surface area contributed by atoms with E-state index in [9.17, 15) is 19.8 Å². The van der Waals surface area contributed by atoms with Crippen LogP contribution in [0.25, 0.3) is 0 Å². The van der Waals surface area contributed by atoms with Gasteiger partial charge in [-0.2, -0.15) is 0 Å². The molecule has 1 fully saturated rings. The zero-order valence-corrected chi connectivity index (χ0v) is 9.67. The molecule has 0 aromatic heterocycles. The Morgan fingerprint density at radius 2 is 1.88 bits per heavy atom. The minimum atomic E-state index is -0.950. The highest BCUT2D eigenvalue weighted by Gasteiger charge is 2.32. The fourth-order valence-corrected chi connectivity index (χ4v) is 1.66. The number of β-amino-alcohol motifs (C(OH)–C–C–N with tert-alkyl or cyclic N) is 2. The lowest BCUT2D eigenvalue weighted by atomic mass is 10.1. The molecule has 3 atom stereocenters. The van der Waals surface area contributed by atoms with Crippen LogP contribution in [0.15, 0.2) is 0 Å². The number of urea groups is 1. The molecule has 0 aromatic carbocycles. The van der Waals surface area contributed by atoms with Crippen molar-refractivity contribution in [2.45, 2.75) is 25.6 Å². The van der Waals surface area contributed by atoms with Gasteiger partial charge in [0.25, 0.3) is 0 Å². The Labute approximate surface area is 99.0 Å². The summed E-state index contributed by atoms with van der Waals surface area (Å²) < 4.78 is 0. The van der Waals surface area contributed by atoms with E-state index in [0.29, 0.717) is 6.42 Å². The number of likely N-dealkylation sites (tertiary alicyclic amines) is 1. The maximum absolute atomic E-state index is 11.6. The number of aliphatic hydroxyl groups excluding tert-OH is 2. The summed E-state index contributed by atoms with van der Waals surface area (Å²) in [4.78, 5) is 23.6. The predicted molar refractivity (Wildman–Crippen MR) is 58.4 cm³/mol. The fourth-order valence-electron chi connectivity index (χ4n) is 1.66. The van der Waals surface area contributed by atoms with E-state index in [-0.39, 0.29) is 19.6 Å². The van der Waals surface area contributed by atoms with Gasteiger partial charge in [-0.25, -0.2) is 4.79 Å². The summed E-state index contributed by atoms with van der Waals surface area (Å²) in [7, 11) is 0. The van der Waals surface area contributed by atoms with Crippen molar-refractivity contribution in [2.24, 2.45) is 5.92 Å². The van der Waals surface area contributed by atoms with Crippen LogP contribution < -0.4 is 5.32 Å². The molecule has 1 rings (SSSR count). The summed E-state index contributed by atoms with van der Waals surface area (Å²) >= 11 is 0. The molecule has 7 heteroatoms. The van der Waals surface area contributed by atoms with Gasteiger partial charge < -0.3 is 25.5 Å². The van der Waals surface area contributed by atoms with Crippen molar-refractivity contribution in [3.05, 3.63) is 0 Å². The van der Waals surface area contributed by atoms with E-state index in [2.05, 4.69) is 5.32 Å². The van der Waals surface area contributed by atoms with Crippen molar-refractivity contribution in [1.82, 2.24) is 10.2 Å². The molecular formula is C10H18N2O5. The number of amides is 2. The van der Waals surface area contributed by atoms with Crippen molar-refractivity contribution >= 4 is 12.0 Å². The van der Waals surface area contributed by atoms with Gasteiger partial charge in [0.05, 0.1) is 31.2 Å². The molecule has 1 aliphatic heterocycles. The van der Waals surface area contributed by atoms with Gasteiger partial charge in [0.15, 0.2) is 0 Å². The minimum absolute atomic E-state index is 0.0490. The molecule has 3 unspecified atom stereocenters. The van der Waals surface area contributed by atoms with Gasteiger partial charge in [-0.05, 0) is 6.42 Å². The first-order valence-corrected chi connectivity index (χ1v) is 5.57. The highest BCUT2D eigenvalue weighted by molar-refractivity contribution is 5.76. The molecule has 0 aliphatic carbocycles. The van der Waals surface area contributed by atoms with Crippen LogP contribution in [0.1, 0.15) is 13.3 Å². The van der Waals surface area contributed by atoms with Crippen LogP contribution in [0, 0.1) is 5.92 Å². The summed E-state index contributed by atoms with van der Waals surface area (Å²) in [5, 5.41) is 29.8. The summed E-state index contributed by atoms with van der Waals surface area (Å²) in [5.41, 5.74) is 0. The zero-order chi connectivity index (χ0) is 13.0. The Hall–Kier alpha value is -1.34. The maximum Gasteiger partial charge on any atom is 0.317 e.